The van der Waals surface area contributed by atoms with Gasteiger partial charge in [0, 0.05) is 28.9 Å². The smallest absolute Gasteiger partial charge is 0.257 e. The summed E-state index contributed by atoms with van der Waals surface area (Å²) in [4.78, 5) is 20.7. The Morgan fingerprint density at radius 1 is 1.17 bits per heavy atom. The van der Waals surface area contributed by atoms with Gasteiger partial charge in [0.05, 0.1) is 5.69 Å². The first-order valence-corrected chi connectivity index (χ1v) is 8.74. The number of carbonyl (C=O) groups is 1. The molecule has 2 aromatic heterocycles. The average Bonchev–Trinajstić information content (AvgIpc) is 3.02. The summed E-state index contributed by atoms with van der Waals surface area (Å²) in [6.45, 7) is 6.37. The molecule has 0 saturated carbocycles. The van der Waals surface area contributed by atoms with Gasteiger partial charge in [-0.3, -0.25) is 15.1 Å². The molecule has 1 N–H and O–H groups in total. The molecule has 4 nitrogen and oxygen atoms in total. The van der Waals surface area contributed by atoms with Crippen LogP contribution in [0.15, 0.2) is 42.0 Å². The van der Waals surface area contributed by atoms with E-state index >= 15 is 0 Å². The second-order valence-corrected chi connectivity index (χ2v) is 6.54. The molecule has 0 fully saturated rings. The van der Waals surface area contributed by atoms with Crippen LogP contribution in [0.1, 0.15) is 34.0 Å². The zero-order chi connectivity index (χ0) is 17.1. The molecule has 0 unspecified atom stereocenters. The molecule has 0 aliphatic rings. The SMILES string of the molecule is CCc1cc(C)c(-c2csc(NC(=O)c3ccncc3)n2)c(C)c1. The van der Waals surface area contributed by atoms with Gasteiger partial charge in [0.2, 0.25) is 0 Å². The number of carbonyl (C=O) groups excluding carboxylic acids is 1. The Bertz CT molecular complexity index is 848. The lowest BCUT2D eigenvalue weighted by Crippen LogP contribution is -2.11. The van der Waals surface area contributed by atoms with E-state index in [0.29, 0.717) is 10.7 Å². The van der Waals surface area contributed by atoms with Gasteiger partial charge in [-0.05, 0) is 49.1 Å². The third kappa shape index (κ3) is 3.36. The predicted octanol–water partition coefficient (Wildman–Crippen LogP) is 4.64. The molecule has 24 heavy (non-hydrogen) atoms. The Hall–Kier alpha value is -2.53. The number of thiazole rings is 1. The number of aromatic nitrogens is 2. The molecule has 0 atom stereocenters. The molecule has 3 aromatic rings. The van der Waals surface area contributed by atoms with Crippen molar-refractivity contribution < 1.29 is 4.79 Å². The van der Waals surface area contributed by atoms with Crippen LogP contribution in [0.2, 0.25) is 0 Å². The fraction of sp³-hybridized carbons (Fsp3) is 0.211. The number of anilines is 1. The first-order valence-electron chi connectivity index (χ1n) is 7.86. The van der Waals surface area contributed by atoms with Crippen molar-refractivity contribution in [1.82, 2.24) is 9.97 Å². The molecule has 0 aliphatic carbocycles. The van der Waals surface area contributed by atoms with Crippen LogP contribution in [-0.4, -0.2) is 15.9 Å². The molecular weight excluding hydrogens is 318 g/mol. The minimum atomic E-state index is -0.173. The van der Waals surface area contributed by atoms with Gasteiger partial charge in [-0.2, -0.15) is 0 Å². The molecule has 0 aliphatic heterocycles. The van der Waals surface area contributed by atoms with Crippen LogP contribution >= 0.6 is 11.3 Å². The van der Waals surface area contributed by atoms with Crippen molar-refractivity contribution in [2.45, 2.75) is 27.2 Å². The number of aryl methyl sites for hydroxylation is 3. The fourth-order valence-electron chi connectivity index (χ4n) is 2.78. The maximum absolute atomic E-state index is 12.2. The molecule has 0 spiro atoms. The Kier molecular flexibility index (Phi) is 4.71. The molecular formula is C19H19N3OS. The molecule has 3 rings (SSSR count). The lowest BCUT2D eigenvalue weighted by Gasteiger charge is -2.10. The number of hydrogen-bond acceptors (Lipinski definition) is 4. The van der Waals surface area contributed by atoms with Gasteiger partial charge in [-0.15, -0.1) is 11.3 Å². The topological polar surface area (TPSA) is 54.9 Å². The minimum absolute atomic E-state index is 0.173. The van der Waals surface area contributed by atoms with Gasteiger partial charge < -0.3 is 0 Å². The maximum Gasteiger partial charge on any atom is 0.257 e. The number of benzene rings is 1. The first-order chi connectivity index (χ1) is 11.6. The normalized spacial score (nSPS) is 10.6. The molecule has 0 radical (unpaired) electrons. The highest BCUT2D eigenvalue weighted by atomic mass is 32.1. The summed E-state index contributed by atoms with van der Waals surface area (Å²) in [5.41, 5.74) is 6.38. The third-order valence-electron chi connectivity index (χ3n) is 3.92. The fourth-order valence-corrected chi connectivity index (χ4v) is 3.48. The van der Waals surface area contributed by atoms with Gasteiger partial charge >= 0.3 is 0 Å². The average molecular weight is 337 g/mol. The maximum atomic E-state index is 12.2. The molecule has 122 valence electrons. The standard InChI is InChI=1S/C19H19N3OS/c1-4-14-9-12(2)17(13(3)10-14)16-11-24-19(21-16)22-18(23)15-5-7-20-8-6-15/h5-11H,4H2,1-3H3,(H,21,22,23). The van der Waals surface area contributed by atoms with Gasteiger partial charge in [0.25, 0.3) is 5.91 Å². The second kappa shape index (κ2) is 6.93. The van der Waals surface area contributed by atoms with E-state index in [1.165, 1.54) is 28.0 Å². The van der Waals surface area contributed by atoms with Crippen molar-refractivity contribution in [2.24, 2.45) is 0 Å². The van der Waals surface area contributed by atoms with Gasteiger partial charge in [-0.25, -0.2) is 4.98 Å². The highest BCUT2D eigenvalue weighted by Crippen LogP contribution is 2.31. The van der Waals surface area contributed by atoms with Crippen molar-refractivity contribution in [3.05, 3.63) is 64.3 Å². The van der Waals surface area contributed by atoms with Crippen LogP contribution in [0, 0.1) is 13.8 Å². The third-order valence-corrected chi connectivity index (χ3v) is 4.68. The van der Waals surface area contributed by atoms with Crippen LogP contribution in [-0.2, 0) is 6.42 Å². The van der Waals surface area contributed by atoms with Crippen molar-refractivity contribution >= 4 is 22.4 Å². The van der Waals surface area contributed by atoms with Crippen LogP contribution < -0.4 is 5.32 Å². The summed E-state index contributed by atoms with van der Waals surface area (Å²) in [5.74, 6) is -0.173. The lowest BCUT2D eigenvalue weighted by atomic mass is 9.96. The Morgan fingerprint density at radius 2 is 1.83 bits per heavy atom. The van der Waals surface area contributed by atoms with Crippen LogP contribution in [0.25, 0.3) is 11.3 Å². The largest absolute Gasteiger partial charge is 0.298 e. The van der Waals surface area contributed by atoms with Gasteiger partial charge in [0.15, 0.2) is 5.13 Å². The Balaban J connectivity index is 1.85. The van der Waals surface area contributed by atoms with Gasteiger partial charge in [0.1, 0.15) is 0 Å². The van der Waals surface area contributed by atoms with E-state index in [1.807, 2.05) is 5.38 Å². The van der Waals surface area contributed by atoms with E-state index < -0.39 is 0 Å². The molecule has 0 bridgehead atoms. The molecule has 0 saturated heterocycles. The van der Waals surface area contributed by atoms with Crippen molar-refractivity contribution in [3.63, 3.8) is 0 Å². The van der Waals surface area contributed by atoms with E-state index in [2.05, 4.69) is 48.2 Å². The summed E-state index contributed by atoms with van der Waals surface area (Å²) in [6.07, 6.45) is 4.22. The highest BCUT2D eigenvalue weighted by molar-refractivity contribution is 7.14. The number of rotatable bonds is 4. The van der Waals surface area contributed by atoms with Crippen LogP contribution in [0.4, 0.5) is 5.13 Å². The first kappa shape index (κ1) is 16.3. The predicted molar refractivity (Wildman–Crippen MR) is 98.6 cm³/mol. The van der Waals surface area contributed by atoms with Gasteiger partial charge in [-0.1, -0.05) is 19.1 Å². The number of nitrogens with one attached hydrogen (secondary N) is 1. The van der Waals surface area contributed by atoms with E-state index in [-0.39, 0.29) is 5.91 Å². The minimum Gasteiger partial charge on any atom is -0.298 e. The lowest BCUT2D eigenvalue weighted by molar-refractivity contribution is 0.102. The number of hydrogen-bond donors (Lipinski definition) is 1. The molecule has 2 heterocycles. The molecule has 1 aromatic carbocycles. The number of amides is 1. The Labute approximate surface area is 145 Å². The molecule has 5 heteroatoms. The highest BCUT2D eigenvalue weighted by Gasteiger charge is 2.13. The zero-order valence-corrected chi connectivity index (χ0v) is 14.8. The van der Waals surface area contributed by atoms with Crippen molar-refractivity contribution in [3.8, 4) is 11.3 Å². The summed E-state index contributed by atoms with van der Waals surface area (Å²) < 4.78 is 0. The zero-order valence-electron chi connectivity index (χ0n) is 14.0. The monoisotopic (exact) mass is 337 g/mol. The van der Waals surface area contributed by atoms with Crippen LogP contribution in [0.5, 0.6) is 0 Å². The summed E-state index contributed by atoms with van der Waals surface area (Å²) in [5, 5.41) is 5.44. The summed E-state index contributed by atoms with van der Waals surface area (Å²) in [7, 11) is 0. The molecule has 1 amide bonds. The Morgan fingerprint density at radius 3 is 2.46 bits per heavy atom. The van der Waals surface area contributed by atoms with E-state index in [4.69, 9.17) is 0 Å². The van der Waals surface area contributed by atoms with E-state index in [0.717, 1.165) is 17.7 Å². The number of pyridine rings is 1. The van der Waals surface area contributed by atoms with E-state index in [1.54, 1.807) is 24.5 Å². The van der Waals surface area contributed by atoms with Crippen molar-refractivity contribution in [2.75, 3.05) is 5.32 Å². The van der Waals surface area contributed by atoms with E-state index in [9.17, 15) is 4.79 Å². The van der Waals surface area contributed by atoms with Crippen molar-refractivity contribution in [1.29, 1.82) is 0 Å². The summed E-state index contributed by atoms with van der Waals surface area (Å²) >= 11 is 1.44. The quantitative estimate of drug-likeness (QED) is 0.755. The number of nitrogens with zero attached hydrogens (tertiary/aromatic N) is 2. The second-order valence-electron chi connectivity index (χ2n) is 5.69. The van der Waals surface area contributed by atoms with Crippen LogP contribution in [0.3, 0.4) is 0 Å². The summed E-state index contributed by atoms with van der Waals surface area (Å²) in [6, 6.07) is 7.77.